The number of piperazine rings is 1. The standard InChI is InChI=1S/C25H36N6O/c1-3-7-24-23(18-26-31(24)19-8-5-4-6-9-19)27-25(32)30-14-12-29(13-15-30)22-16-20-10-11-21(17-22)28(20)2/h4-6,8-9,18,20-22H,3,7,10-17H2,1-2H3,(H,27,32). The van der Waals surface area contributed by atoms with Crippen molar-refractivity contribution in [2.45, 2.75) is 63.6 Å². The number of aromatic nitrogens is 2. The van der Waals surface area contributed by atoms with E-state index in [1.54, 1.807) is 6.20 Å². The van der Waals surface area contributed by atoms with Crippen LogP contribution in [-0.2, 0) is 6.42 Å². The Balaban J connectivity index is 1.20. The number of urea groups is 1. The molecule has 4 heterocycles. The van der Waals surface area contributed by atoms with Gasteiger partial charge in [0.25, 0.3) is 0 Å². The lowest BCUT2D eigenvalue weighted by Crippen LogP contribution is -2.56. The lowest BCUT2D eigenvalue weighted by molar-refractivity contribution is 0.0491. The lowest BCUT2D eigenvalue weighted by Gasteiger charge is -2.44. The molecule has 32 heavy (non-hydrogen) atoms. The van der Waals surface area contributed by atoms with Crippen LogP contribution < -0.4 is 5.32 Å². The van der Waals surface area contributed by atoms with Crippen LogP contribution in [0.2, 0.25) is 0 Å². The number of amides is 2. The zero-order valence-electron chi connectivity index (χ0n) is 19.4. The van der Waals surface area contributed by atoms with Crippen molar-refractivity contribution < 1.29 is 4.79 Å². The highest BCUT2D eigenvalue weighted by Gasteiger charge is 2.41. The van der Waals surface area contributed by atoms with Crippen molar-refractivity contribution in [3.63, 3.8) is 0 Å². The molecule has 172 valence electrons. The smallest absolute Gasteiger partial charge is 0.322 e. The van der Waals surface area contributed by atoms with Gasteiger partial charge in [-0.2, -0.15) is 5.10 Å². The molecule has 5 rings (SSSR count). The summed E-state index contributed by atoms with van der Waals surface area (Å²) in [5.74, 6) is 0. The van der Waals surface area contributed by atoms with Gasteiger partial charge in [-0.1, -0.05) is 31.5 Å². The van der Waals surface area contributed by atoms with Gasteiger partial charge in [0, 0.05) is 44.3 Å². The Morgan fingerprint density at radius 3 is 2.38 bits per heavy atom. The van der Waals surface area contributed by atoms with E-state index in [2.05, 4.69) is 34.2 Å². The molecule has 1 aromatic heterocycles. The second-order valence-corrected chi connectivity index (χ2v) is 9.63. The summed E-state index contributed by atoms with van der Waals surface area (Å²) < 4.78 is 1.95. The first-order valence-corrected chi connectivity index (χ1v) is 12.3. The molecule has 0 saturated carbocycles. The van der Waals surface area contributed by atoms with Crippen molar-refractivity contribution in [1.29, 1.82) is 0 Å². The van der Waals surface area contributed by atoms with Gasteiger partial charge in [0.05, 0.1) is 23.3 Å². The molecule has 2 bridgehead atoms. The van der Waals surface area contributed by atoms with Gasteiger partial charge in [-0.3, -0.25) is 4.90 Å². The van der Waals surface area contributed by atoms with E-state index in [0.29, 0.717) is 6.04 Å². The monoisotopic (exact) mass is 436 g/mol. The Labute approximate surface area is 191 Å². The highest BCUT2D eigenvalue weighted by atomic mass is 16.2. The average Bonchev–Trinajstić information content (AvgIpc) is 3.28. The quantitative estimate of drug-likeness (QED) is 0.778. The van der Waals surface area contributed by atoms with Crippen molar-refractivity contribution in [1.82, 2.24) is 24.5 Å². The molecule has 2 unspecified atom stereocenters. The molecule has 1 aromatic carbocycles. The third kappa shape index (κ3) is 4.16. The third-order valence-corrected chi connectivity index (χ3v) is 7.79. The molecule has 3 fully saturated rings. The van der Waals surface area contributed by atoms with Crippen molar-refractivity contribution in [3.05, 3.63) is 42.2 Å². The Hall–Kier alpha value is -2.38. The SMILES string of the molecule is CCCc1c(NC(=O)N2CCN(C3CC4CCC(C3)N4C)CC2)cnn1-c1ccccc1. The minimum absolute atomic E-state index is 0.00179. The van der Waals surface area contributed by atoms with Crippen molar-refractivity contribution >= 4 is 11.7 Å². The Morgan fingerprint density at radius 1 is 1.03 bits per heavy atom. The predicted molar refractivity (Wildman–Crippen MR) is 127 cm³/mol. The van der Waals surface area contributed by atoms with Gasteiger partial charge in [-0.15, -0.1) is 0 Å². The Bertz CT molecular complexity index is 906. The maximum absolute atomic E-state index is 13.1. The molecule has 3 saturated heterocycles. The number of carbonyl (C=O) groups is 1. The highest BCUT2D eigenvalue weighted by Crippen LogP contribution is 2.36. The van der Waals surface area contributed by atoms with Gasteiger partial charge in [0.2, 0.25) is 0 Å². The van der Waals surface area contributed by atoms with Crippen molar-refractivity contribution in [3.8, 4) is 5.69 Å². The van der Waals surface area contributed by atoms with Gasteiger partial charge in [0.15, 0.2) is 0 Å². The Morgan fingerprint density at radius 2 is 1.72 bits per heavy atom. The fraction of sp³-hybridized carbons (Fsp3) is 0.600. The van der Waals surface area contributed by atoms with E-state index in [9.17, 15) is 4.79 Å². The fourth-order valence-corrected chi connectivity index (χ4v) is 5.91. The van der Waals surface area contributed by atoms with Gasteiger partial charge in [-0.05, 0) is 51.3 Å². The van der Waals surface area contributed by atoms with Crippen LogP contribution in [0.15, 0.2) is 36.5 Å². The van der Waals surface area contributed by atoms with E-state index in [1.165, 1.54) is 25.7 Å². The third-order valence-electron chi connectivity index (χ3n) is 7.79. The topological polar surface area (TPSA) is 56.6 Å². The van der Waals surface area contributed by atoms with Gasteiger partial charge >= 0.3 is 6.03 Å². The molecule has 3 aliphatic heterocycles. The van der Waals surface area contributed by atoms with Gasteiger partial charge in [-0.25, -0.2) is 9.48 Å². The Kier molecular flexibility index (Phi) is 6.20. The number of piperidine rings is 1. The average molecular weight is 437 g/mol. The summed E-state index contributed by atoms with van der Waals surface area (Å²) in [6, 6.07) is 12.3. The van der Waals surface area contributed by atoms with E-state index in [4.69, 9.17) is 0 Å². The maximum atomic E-state index is 13.1. The molecular weight excluding hydrogens is 400 g/mol. The summed E-state index contributed by atoms with van der Waals surface area (Å²) in [4.78, 5) is 20.3. The summed E-state index contributed by atoms with van der Waals surface area (Å²) in [6.07, 6.45) is 8.96. The summed E-state index contributed by atoms with van der Waals surface area (Å²) in [5, 5.41) is 7.73. The van der Waals surface area contributed by atoms with Crippen LogP contribution in [0, 0.1) is 0 Å². The summed E-state index contributed by atoms with van der Waals surface area (Å²) in [6.45, 7) is 5.70. The molecule has 0 aliphatic carbocycles. The normalized spacial score (nSPS) is 26.4. The first kappa shape index (κ1) is 21.5. The molecule has 2 atom stereocenters. The van der Waals surface area contributed by atoms with Crippen LogP contribution in [0.25, 0.3) is 5.69 Å². The molecule has 3 aliphatic rings. The number of anilines is 1. The molecule has 7 heteroatoms. The van der Waals surface area contributed by atoms with E-state index < -0.39 is 0 Å². The van der Waals surface area contributed by atoms with Crippen LogP contribution in [0.5, 0.6) is 0 Å². The number of rotatable bonds is 5. The van der Waals surface area contributed by atoms with Crippen molar-refractivity contribution in [2.75, 3.05) is 38.5 Å². The first-order valence-electron chi connectivity index (χ1n) is 12.3. The zero-order valence-corrected chi connectivity index (χ0v) is 19.4. The van der Waals surface area contributed by atoms with Crippen LogP contribution in [0.4, 0.5) is 10.5 Å². The minimum atomic E-state index is -0.00179. The van der Waals surface area contributed by atoms with E-state index in [-0.39, 0.29) is 6.03 Å². The molecule has 2 aromatic rings. The molecule has 2 amide bonds. The number of carbonyl (C=O) groups excluding carboxylic acids is 1. The summed E-state index contributed by atoms with van der Waals surface area (Å²) in [5.41, 5.74) is 2.92. The molecule has 1 N–H and O–H groups in total. The second-order valence-electron chi connectivity index (χ2n) is 9.63. The number of para-hydroxylation sites is 1. The molecular formula is C25H36N6O. The fourth-order valence-electron chi connectivity index (χ4n) is 5.91. The number of fused-ring (bicyclic) bond motifs is 2. The number of benzene rings is 1. The van der Waals surface area contributed by atoms with Crippen LogP contribution in [0.3, 0.4) is 0 Å². The minimum Gasteiger partial charge on any atom is -0.322 e. The largest absolute Gasteiger partial charge is 0.322 e. The van der Waals surface area contributed by atoms with E-state index in [1.807, 2.05) is 39.9 Å². The lowest BCUT2D eigenvalue weighted by atomic mass is 9.96. The van der Waals surface area contributed by atoms with Gasteiger partial charge < -0.3 is 15.1 Å². The van der Waals surface area contributed by atoms with E-state index in [0.717, 1.165) is 68.2 Å². The van der Waals surface area contributed by atoms with Crippen LogP contribution in [0.1, 0.15) is 44.7 Å². The van der Waals surface area contributed by atoms with Crippen molar-refractivity contribution in [2.24, 2.45) is 0 Å². The number of nitrogens with one attached hydrogen (secondary N) is 1. The zero-order chi connectivity index (χ0) is 22.1. The number of nitrogens with zero attached hydrogens (tertiary/aromatic N) is 5. The second kappa shape index (κ2) is 9.24. The molecule has 0 radical (unpaired) electrons. The molecule has 7 nitrogen and oxygen atoms in total. The summed E-state index contributed by atoms with van der Waals surface area (Å²) >= 11 is 0. The predicted octanol–water partition coefficient (Wildman–Crippen LogP) is 3.60. The van der Waals surface area contributed by atoms with Crippen LogP contribution >= 0.6 is 0 Å². The van der Waals surface area contributed by atoms with Crippen LogP contribution in [-0.4, -0.2) is 81.9 Å². The van der Waals surface area contributed by atoms with E-state index >= 15 is 0 Å². The number of hydrogen-bond donors (Lipinski definition) is 1. The number of hydrogen-bond acceptors (Lipinski definition) is 4. The molecule has 0 spiro atoms. The van der Waals surface area contributed by atoms with Gasteiger partial charge in [0.1, 0.15) is 0 Å². The first-order chi connectivity index (χ1) is 15.6. The maximum Gasteiger partial charge on any atom is 0.322 e. The summed E-state index contributed by atoms with van der Waals surface area (Å²) in [7, 11) is 2.30. The highest BCUT2D eigenvalue weighted by molar-refractivity contribution is 5.90.